The number of nitrogens with zero attached hydrogens (tertiary/aromatic N) is 1. The molecule has 0 fully saturated rings. The van der Waals surface area contributed by atoms with Gasteiger partial charge in [0.2, 0.25) is 0 Å². The van der Waals surface area contributed by atoms with Crippen LogP contribution in [0, 0.1) is 11.3 Å². The maximum atomic E-state index is 12.2. The van der Waals surface area contributed by atoms with E-state index in [1.165, 1.54) is 5.56 Å². The molecule has 4 heteroatoms. The van der Waals surface area contributed by atoms with Crippen LogP contribution in [0.1, 0.15) is 30.9 Å². The number of amides is 1. The number of carbonyl (C=O) groups excluding carboxylic acids is 1. The number of nitrogens with one attached hydrogen (secondary N) is 1. The molecule has 0 saturated heterocycles. The molecule has 2 aromatic carbocycles. The molecule has 0 aliphatic carbocycles. The standard InChI is InChI=1S/C19H17ClN2O/c1-13(2)15-5-3-14(4-6-15)11-16(12-21)19(23)22-18-9-7-17(20)8-10-18/h3-11,13H,1-2H3,(H,22,23)/b16-11-. The molecule has 2 aromatic rings. The summed E-state index contributed by atoms with van der Waals surface area (Å²) >= 11 is 5.80. The van der Waals surface area contributed by atoms with Gasteiger partial charge < -0.3 is 5.32 Å². The lowest BCUT2D eigenvalue weighted by Crippen LogP contribution is -2.13. The second kappa shape index (κ2) is 7.62. The summed E-state index contributed by atoms with van der Waals surface area (Å²) in [6, 6.07) is 16.5. The average molecular weight is 325 g/mol. The molecular formula is C19H17ClN2O. The van der Waals surface area contributed by atoms with Crippen LogP contribution in [-0.2, 0) is 4.79 Å². The molecule has 23 heavy (non-hydrogen) atoms. The molecule has 0 heterocycles. The van der Waals surface area contributed by atoms with E-state index in [-0.39, 0.29) is 5.57 Å². The number of carbonyl (C=O) groups is 1. The van der Waals surface area contributed by atoms with E-state index in [1.807, 2.05) is 30.3 Å². The molecule has 116 valence electrons. The van der Waals surface area contributed by atoms with Gasteiger partial charge in [0.25, 0.3) is 5.91 Å². The monoisotopic (exact) mass is 324 g/mol. The first-order chi connectivity index (χ1) is 11.0. The third-order valence-corrected chi connectivity index (χ3v) is 3.63. The number of halogens is 1. The topological polar surface area (TPSA) is 52.9 Å². The summed E-state index contributed by atoms with van der Waals surface area (Å²) in [6.45, 7) is 4.23. The maximum Gasteiger partial charge on any atom is 0.266 e. The summed E-state index contributed by atoms with van der Waals surface area (Å²) in [4.78, 5) is 12.2. The van der Waals surface area contributed by atoms with Gasteiger partial charge in [0.15, 0.2) is 0 Å². The van der Waals surface area contributed by atoms with Crippen LogP contribution in [0.5, 0.6) is 0 Å². The predicted octanol–water partition coefficient (Wildman–Crippen LogP) is 5.01. The lowest BCUT2D eigenvalue weighted by molar-refractivity contribution is -0.112. The third kappa shape index (κ3) is 4.70. The Bertz CT molecular complexity index is 753. The highest BCUT2D eigenvalue weighted by Crippen LogP contribution is 2.17. The zero-order valence-electron chi connectivity index (χ0n) is 13.0. The van der Waals surface area contributed by atoms with Crippen molar-refractivity contribution >= 4 is 29.3 Å². The minimum Gasteiger partial charge on any atom is -0.321 e. The van der Waals surface area contributed by atoms with Crippen LogP contribution in [0.2, 0.25) is 5.02 Å². The molecule has 0 radical (unpaired) electrons. The van der Waals surface area contributed by atoms with Crippen LogP contribution in [-0.4, -0.2) is 5.91 Å². The van der Waals surface area contributed by atoms with Crippen molar-refractivity contribution in [2.24, 2.45) is 0 Å². The summed E-state index contributed by atoms with van der Waals surface area (Å²) in [5.41, 5.74) is 2.68. The van der Waals surface area contributed by atoms with E-state index in [1.54, 1.807) is 30.3 Å². The largest absolute Gasteiger partial charge is 0.321 e. The van der Waals surface area contributed by atoms with Crippen LogP contribution in [0.25, 0.3) is 6.08 Å². The van der Waals surface area contributed by atoms with E-state index < -0.39 is 5.91 Å². The highest BCUT2D eigenvalue weighted by atomic mass is 35.5. The molecule has 0 atom stereocenters. The molecule has 1 amide bonds. The van der Waals surface area contributed by atoms with E-state index in [0.717, 1.165) is 5.56 Å². The fourth-order valence-electron chi connectivity index (χ4n) is 2.02. The average Bonchev–Trinajstić information content (AvgIpc) is 2.55. The first kappa shape index (κ1) is 16.8. The Morgan fingerprint density at radius 3 is 2.26 bits per heavy atom. The summed E-state index contributed by atoms with van der Waals surface area (Å²) in [5.74, 6) is -0.000529. The summed E-state index contributed by atoms with van der Waals surface area (Å²) in [5, 5.41) is 12.5. The van der Waals surface area contributed by atoms with Crippen molar-refractivity contribution in [3.05, 3.63) is 70.3 Å². The van der Waals surface area contributed by atoms with Crippen LogP contribution in [0.15, 0.2) is 54.1 Å². The number of hydrogen-bond donors (Lipinski definition) is 1. The van der Waals surface area contributed by atoms with E-state index in [2.05, 4.69) is 19.2 Å². The van der Waals surface area contributed by atoms with Crippen LogP contribution < -0.4 is 5.32 Å². The number of hydrogen-bond acceptors (Lipinski definition) is 2. The van der Waals surface area contributed by atoms with Crippen molar-refractivity contribution in [3.63, 3.8) is 0 Å². The molecule has 2 rings (SSSR count). The Balaban J connectivity index is 2.16. The van der Waals surface area contributed by atoms with Crippen molar-refractivity contribution < 1.29 is 4.79 Å². The van der Waals surface area contributed by atoms with Crippen molar-refractivity contribution in [2.75, 3.05) is 5.32 Å². The molecule has 0 saturated carbocycles. The van der Waals surface area contributed by atoms with Gasteiger partial charge in [-0.05, 0) is 47.4 Å². The van der Waals surface area contributed by atoms with Crippen LogP contribution in [0.4, 0.5) is 5.69 Å². The zero-order chi connectivity index (χ0) is 16.8. The summed E-state index contributed by atoms with van der Waals surface area (Å²) < 4.78 is 0. The van der Waals surface area contributed by atoms with Gasteiger partial charge in [-0.2, -0.15) is 5.26 Å². The fraction of sp³-hybridized carbons (Fsp3) is 0.158. The van der Waals surface area contributed by atoms with Crippen molar-refractivity contribution in [3.8, 4) is 6.07 Å². The van der Waals surface area contributed by atoms with E-state index in [4.69, 9.17) is 11.6 Å². The van der Waals surface area contributed by atoms with E-state index in [9.17, 15) is 10.1 Å². The first-order valence-corrected chi connectivity index (χ1v) is 7.66. The van der Waals surface area contributed by atoms with Gasteiger partial charge in [-0.3, -0.25) is 4.79 Å². The Morgan fingerprint density at radius 2 is 1.74 bits per heavy atom. The molecule has 0 bridgehead atoms. The predicted molar refractivity (Wildman–Crippen MR) is 94.2 cm³/mol. The molecule has 0 aliphatic heterocycles. The molecule has 1 N–H and O–H groups in total. The van der Waals surface area contributed by atoms with Crippen LogP contribution >= 0.6 is 11.6 Å². The summed E-state index contributed by atoms with van der Waals surface area (Å²) in [6.07, 6.45) is 1.58. The minimum absolute atomic E-state index is 0.0530. The van der Waals surface area contributed by atoms with Crippen molar-refractivity contribution in [2.45, 2.75) is 19.8 Å². The Morgan fingerprint density at radius 1 is 1.13 bits per heavy atom. The molecule has 0 spiro atoms. The maximum absolute atomic E-state index is 12.2. The number of benzene rings is 2. The lowest BCUT2D eigenvalue weighted by Gasteiger charge is -2.06. The minimum atomic E-state index is -0.442. The number of rotatable bonds is 4. The van der Waals surface area contributed by atoms with E-state index in [0.29, 0.717) is 16.6 Å². The van der Waals surface area contributed by atoms with Gasteiger partial charge in [-0.25, -0.2) is 0 Å². The summed E-state index contributed by atoms with van der Waals surface area (Å²) in [7, 11) is 0. The highest BCUT2D eigenvalue weighted by Gasteiger charge is 2.09. The van der Waals surface area contributed by atoms with Gasteiger partial charge >= 0.3 is 0 Å². The molecule has 0 aromatic heterocycles. The SMILES string of the molecule is CC(C)c1ccc(/C=C(/C#N)C(=O)Nc2ccc(Cl)cc2)cc1. The van der Waals surface area contributed by atoms with Gasteiger partial charge in [-0.1, -0.05) is 49.7 Å². The first-order valence-electron chi connectivity index (χ1n) is 7.28. The van der Waals surface area contributed by atoms with Gasteiger partial charge in [0.1, 0.15) is 11.6 Å². The Hall–Kier alpha value is -2.57. The highest BCUT2D eigenvalue weighted by molar-refractivity contribution is 6.30. The number of anilines is 1. The zero-order valence-corrected chi connectivity index (χ0v) is 13.8. The Kier molecular flexibility index (Phi) is 5.56. The van der Waals surface area contributed by atoms with Gasteiger partial charge in [0, 0.05) is 10.7 Å². The smallest absolute Gasteiger partial charge is 0.266 e. The normalized spacial score (nSPS) is 11.2. The Labute approximate surface area is 141 Å². The van der Waals surface area contributed by atoms with Crippen molar-refractivity contribution in [1.82, 2.24) is 0 Å². The second-order valence-corrected chi connectivity index (χ2v) is 5.89. The fourth-order valence-corrected chi connectivity index (χ4v) is 2.15. The van der Waals surface area contributed by atoms with Gasteiger partial charge in [0.05, 0.1) is 0 Å². The number of nitriles is 1. The second-order valence-electron chi connectivity index (χ2n) is 5.45. The molecular weight excluding hydrogens is 308 g/mol. The van der Waals surface area contributed by atoms with E-state index >= 15 is 0 Å². The van der Waals surface area contributed by atoms with Gasteiger partial charge in [-0.15, -0.1) is 0 Å². The molecule has 0 unspecified atom stereocenters. The third-order valence-electron chi connectivity index (χ3n) is 3.38. The molecule has 0 aliphatic rings. The lowest BCUT2D eigenvalue weighted by atomic mass is 10.0. The van der Waals surface area contributed by atoms with Crippen LogP contribution in [0.3, 0.4) is 0 Å². The van der Waals surface area contributed by atoms with Crippen molar-refractivity contribution in [1.29, 1.82) is 5.26 Å². The molecule has 3 nitrogen and oxygen atoms in total. The quantitative estimate of drug-likeness (QED) is 0.635.